The van der Waals surface area contributed by atoms with Gasteiger partial charge >= 0.3 is 0 Å². The zero-order valence-electron chi connectivity index (χ0n) is 11.7. The molecule has 0 heterocycles. The van der Waals surface area contributed by atoms with Crippen LogP contribution in [0.3, 0.4) is 0 Å². The number of benzene rings is 1. The average molecular weight is 246 g/mol. The molecule has 0 aromatic heterocycles. The molecule has 1 fully saturated rings. The largest absolute Gasteiger partial charge is 0.328 e. The van der Waals surface area contributed by atoms with Crippen molar-refractivity contribution in [2.24, 2.45) is 5.73 Å². The normalized spacial score (nSPS) is 24.7. The van der Waals surface area contributed by atoms with Crippen LogP contribution in [0.5, 0.6) is 0 Å². The van der Waals surface area contributed by atoms with Crippen molar-refractivity contribution in [3.8, 4) is 0 Å². The molecule has 1 aliphatic rings. The summed E-state index contributed by atoms with van der Waals surface area (Å²) in [4.78, 5) is 2.62. The van der Waals surface area contributed by atoms with Crippen LogP contribution in [-0.2, 0) is 6.54 Å². The molecule has 0 aliphatic heterocycles. The van der Waals surface area contributed by atoms with Crippen LogP contribution in [-0.4, -0.2) is 23.0 Å². The van der Waals surface area contributed by atoms with Gasteiger partial charge in [-0.25, -0.2) is 0 Å². The van der Waals surface area contributed by atoms with E-state index in [1.807, 2.05) is 0 Å². The lowest BCUT2D eigenvalue weighted by Gasteiger charge is -2.39. The van der Waals surface area contributed by atoms with Crippen LogP contribution in [0.1, 0.15) is 45.1 Å². The van der Waals surface area contributed by atoms with E-state index < -0.39 is 0 Å². The Hall–Kier alpha value is -0.860. The van der Waals surface area contributed by atoms with Crippen LogP contribution in [0.25, 0.3) is 0 Å². The topological polar surface area (TPSA) is 29.3 Å². The summed E-state index contributed by atoms with van der Waals surface area (Å²) in [6.45, 7) is 5.64. The second-order valence-corrected chi connectivity index (χ2v) is 5.83. The molecule has 2 atom stereocenters. The first kappa shape index (κ1) is 13.6. The molecule has 1 saturated carbocycles. The second kappa shape index (κ2) is 6.35. The predicted molar refractivity (Wildman–Crippen MR) is 77.4 cm³/mol. The van der Waals surface area contributed by atoms with Crippen LogP contribution in [0.2, 0.25) is 0 Å². The van der Waals surface area contributed by atoms with Gasteiger partial charge in [0.15, 0.2) is 0 Å². The second-order valence-electron chi connectivity index (χ2n) is 5.83. The molecule has 0 radical (unpaired) electrons. The molecule has 2 rings (SSSR count). The van der Waals surface area contributed by atoms with Gasteiger partial charge in [-0.2, -0.15) is 0 Å². The molecule has 1 aliphatic carbocycles. The van der Waals surface area contributed by atoms with Gasteiger partial charge in [0, 0.05) is 24.7 Å². The van der Waals surface area contributed by atoms with Crippen LogP contribution in [0.4, 0.5) is 0 Å². The smallest absolute Gasteiger partial charge is 0.0239 e. The molecule has 18 heavy (non-hydrogen) atoms. The molecule has 2 heteroatoms. The lowest BCUT2D eigenvalue weighted by atomic mass is 9.89. The molecule has 1 aromatic carbocycles. The van der Waals surface area contributed by atoms with E-state index >= 15 is 0 Å². The van der Waals surface area contributed by atoms with E-state index in [0.717, 1.165) is 13.0 Å². The highest BCUT2D eigenvalue weighted by atomic mass is 15.2. The van der Waals surface area contributed by atoms with Crippen molar-refractivity contribution in [2.75, 3.05) is 0 Å². The SMILES string of the molecule is CC(C)N(Cc1ccccc1)C1CCCC(N)C1. The summed E-state index contributed by atoms with van der Waals surface area (Å²) in [5.41, 5.74) is 7.54. The summed E-state index contributed by atoms with van der Waals surface area (Å²) in [5, 5.41) is 0. The number of nitrogens with zero attached hydrogens (tertiary/aromatic N) is 1. The first-order valence-corrected chi connectivity index (χ1v) is 7.22. The van der Waals surface area contributed by atoms with Crippen LogP contribution in [0, 0.1) is 0 Å². The van der Waals surface area contributed by atoms with E-state index in [2.05, 4.69) is 49.1 Å². The van der Waals surface area contributed by atoms with Crippen LogP contribution >= 0.6 is 0 Å². The van der Waals surface area contributed by atoms with Gasteiger partial charge in [0.2, 0.25) is 0 Å². The van der Waals surface area contributed by atoms with Crippen molar-refractivity contribution in [1.29, 1.82) is 0 Å². The molecule has 0 saturated heterocycles. The van der Waals surface area contributed by atoms with E-state index in [9.17, 15) is 0 Å². The summed E-state index contributed by atoms with van der Waals surface area (Å²) in [5.74, 6) is 0. The average Bonchev–Trinajstić information content (AvgIpc) is 2.37. The molecule has 0 bridgehead atoms. The van der Waals surface area contributed by atoms with E-state index in [1.54, 1.807) is 0 Å². The summed E-state index contributed by atoms with van der Waals surface area (Å²) < 4.78 is 0. The lowest BCUT2D eigenvalue weighted by Crippen LogP contribution is -2.45. The van der Waals surface area contributed by atoms with Crippen LogP contribution in [0.15, 0.2) is 30.3 Å². The number of hydrogen-bond acceptors (Lipinski definition) is 2. The monoisotopic (exact) mass is 246 g/mol. The molecule has 1 aromatic rings. The molecular weight excluding hydrogens is 220 g/mol. The van der Waals surface area contributed by atoms with Gasteiger partial charge in [-0.3, -0.25) is 4.90 Å². The highest BCUT2D eigenvalue weighted by Crippen LogP contribution is 2.25. The Balaban J connectivity index is 2.04. The number of nitrogens with two attached hydrogens (primary N) is 1. The third kappa shape index (κ3) is 3.56. The van der Waals surface area contributed by atoms with E-state index in [1.165, 1.54) is 24.8 Å². The van der Waals surface area contributed by atoms with Gasteiger partial charge in [-0.1, -0.05) is 36.8 Å². The van der Waals surface area contributed by atoms with Crippen LogP contribution < -0.4 is 5.73 Å². The van der Waals surface area contributed by atoms with Crippen molar-refractivity contribution in [3.05, 3.63) is 35.9 Å². The van der Waals surface area contributed by atoms with Crippen molar-refractivity contribution in [1.82, 2.24) is 4.90 Å². The minimum Gasteiger partial charge on any atom is -0.328 e. The fraction of sp³-hybridized carbons (Fsp3) is 0.625. The maximum atomic E-state index is 6.13. The molecule has 2 N–H and O–H groups in total. The fourth-order valence-corrected chi connectivity index (χ4v) is 3.03. The lowest BCUT2D eigenvalue weighted by molar-refractivity contribution is 0.106. The molecule has 0 amide bonds. The third-order valence-corrected chi connectivity index (χ3v) is 4.03. The maximum absolute atomic E-state index is 6.13. The molecule has 2 unspecified atom stereocenters. The van der Waals surface area contributed by atoms with E-state index in [4.69, 9.17) is 5.73 Å². The number of rotatable bonds is 4. The van der Waals surface area contributed by atoms with Gasteiger partial charge in [-0.15, -0.1) is 0 Å². The molecule has 0 spiro atoms. The van der Waals surface area contributed by atoms with Gasteiger partial charge in [0.05, 0.1) is 0 Å². The zero-order valence-corrected chi connectivity index (χ0v) is 11.7. The van der Waals surface area contributed by atoms with Crippen molar-refractivity contribution in [3.63, 3.8) is 0 Å². The Morgan fingerprint density at radius 2 is 1.94 bits per heavy atom. The van der Waals surface area contributed by atoms with Gasteiger partial charge < -0.3 is 5.73 Å². The van der Waals surface area contributed by atoms with Crippen molar-refractivity contribution in [2.45, 2.75) is 64.2 Å². The summed E-state index contributed by atoms with van der Waals surface area (Å²) >= 11 is 0. The summed E-state index contributed by atoms with van der Waals surface area (Å²) in [6.07, 6.45) is 4.95. The molecular formula is C16H26N2. The van der Waals surface area contributed by atoms with Gasteiger partial charge in [0.25, 0.3) is 0 Å². The first-order valence-electron chi connectivity index (χ1n) is 7.22. The Labute approximate surface area is 111 Å². The Kier molecular flexibility index (Phi) is 4.79. The maximum Gasteiger partial charge on any atom is 0.0239 e. The quantitative estimate of drug-likeness (QED) is 0.884. The Bertz CT molecular complexity index is 347. The summed E-state index contributed by atoms with van der Waals surface area (Å²) in [7, 11) is 0. The highest BCUT2D eigenvalue weighted by Gasteiger charge is 2.26. The first-order chi connectivity index (χ1) is 8.66. The van der Waals surface area contributed by atoms with Crippen molar-refractivity contribution < 1.29 is 0 Å². The third-order valence-electron chi connectivity index (χ3n) is 4.03. The van der Waals surface area contributed by atoms with E-state index in [-0.39, 0.29) is 0 Å². The molecule has 100 valence electrons. The predicted octanol–water partition coefficient (Wildman–Crippen LogP) is 3.17. The molecule has 2 nitrogen and oxygen atoms in total. The zero-order chi connectivity index (χ0) is 13.0. The van der Waals surface area contributed by atoms with Crippen molar-refractivity contribution >= 4 is 0 Å². The highest BCUT2D eigenvalue weighted by molar-refractivity contribution is 5.14. The fourth-order valence-electron chi connectivity index (χ4n) is 3.03. The van der Waals surface area contributed by atoms with Gasteiger partial charge in [-0.05, 0) is 38.7 Å². The van der Waals surface area contributed by atoms with Gasteiger partial charge in [0.1, 0.15) is 0 Å². The van der Waals surface area contributed by atoms with E-state index in [0.29, 0.717) is 18.1 Å². The minimum atomic E-state index is 0.403. The minimum absolute atomic E-state index is 0.403. The summed E-state index contributed by atoms with van der Waals surface area (Å²) in [6, 6.07) is 12.4. The number of hydrogen-bond donors (Lipinski definition) is 1. The Morgan fingerprint density at radius 3 is 2.56 bits per heavy atom. The standard InChI is InChI=1S/C16H26N2/c1-13(2)18(12-14-7-4-3-5-8-14)16-10-6-9-15(17)11-16/h3-5,7-8,13,15-16H,6,9-12,17H2,1-2H3. The Morgan fingerprint density at radius 1 is 1.22 bits per heavy atom.